The predicted octanol–water partition coefficient (Wildman–Crippen LogP) is 1.79. The highest BCUT2D eigenvalue weighted by Crippen LogP contribution is 2.26. The van der Waals surface area contributed by atoms with Gasteiger partial charge >= 0.3 is 0 Å². The van der Waals surface area contributed by atoms with Crippen molar-refractivity contribution in [3.05, 3.63) is 32.5 Å². The molecule has 0 aromatic carbocycles. The largest absolute Gasteiger partial charge is 0.376 e. The molecule has 2 aromatic rings. The first-order valence-electron chi connectivity index (χ1n) is 8.21. The minimum atomic E-state index is -0.130. The van der Waals surface area contributed by atoms with Gasteiger partial charge in [-0.25, -0.2) is 4.98 Å². The summed E-state index contributed by atoms with van der Waals surface area (Å²) < 4.78 is 5.42. The molecule has 2 N–H and O–H groups in total. The molecule has 0 saturated carbocycles. The van der Waals surface area contributed by atoms with Crippen molar-refractivity contribution < 1.29 is 9.53 Å². The molecule has 23 heavy (non-hydrogen) atoms. The maximum Gasteiger partial charge on any atom is 0.272 e. The molecular weight excluding hydrogens is 312 g/mol. The number of hydrogen-bond acceptors (Lipinski definition) is 5. The molecule has 6 nitrogen and oxygen atoms in total. The molecule has 0 fully saturated rings. The smallest absolute Gasteiger partial charge is 0.272 e. The topological polar surface area (TPSA) is 79.9 Å². The summed E-state index contributed by atoms with van der Waals surface area (Å²) in [6.45, 7) is 1.74. The number of hydrogen-bond donors (Lipinski definition) is 2. The van der Waals surface area contributed by atoms with E-state index in [0.29, 0.717) is 25.5 Å². The van der Waals surface area contributed by atoms with Gasteiger partial charge in [0.15, 0.2) is 5.69 Å². The van der Waals surface area contributed by atoms with Crippen LogP contribution in [-0.2, 0) is 37.0 Å². The highest BCUT2D eigenvalue weighted by atomic mass is 32.1. The van der Waals surface area contributed by atoms with Gasteiger partial charge in [0.2, 0.25) is 0 Å². The zero-order chi connectivity index (χ0) is 15.6. The van der Waals surface area contributed by atoms with E-state index in [1.807, 2.05) is 0 Å². The number of nitrogens with one attached hydrogen (secondary N) is 2. The van der Waals surface area contributed by atoms with Crippen LogP contribution in [-0.4, -0.2) is 34.2 Å². The Morgan fingerprint density at radius 2 is 2.22 bits per heavy atom. The van der Waals surface area contributed by atoms with E-state index in [-0.39, 0.29) is 5.91 Å². The van der Waals surface area contributed by atoms with Gasteiger partial charge in [-0.1, -0.05) is 0 Å². The van der Waals surface area contributed by atoms with E-state index in [0.717, 1.165) is 35.5 Å². The number of rotatable bonds is 4. The molecule has 1 aliphatic carbocycles. The Labute approximate surface area is 138 Å². The van der Waals surface area contributed by atoms with Gasteiger partial charge in [-0.2, -0.15) is 5.10 Å². The lowest BCUT2D eigenvalue weighted by atomic mass is 10.0. The molecule has 0 radical (unpaired) electrons. The van der Waals surface area contributed by atoms with Gasteiger partial charge < -0.3 is 10.1 Å². The predicted molar refractivity (Wildman–Crippen MR) is 86.7 cm³/mol. The molecule has 0 unspecified atom stereocenters. The highest BCUT2D eigenvalue weighted by molar-refractivity contribution is 7.11. The van der Waals surface area contributed by atoms with Crippen molar-refractivity contribution in [2.24, 2.45) is 0 Å². The fraction of sp³-hybridized carbons (Fsp3) is 0.562. The van der Waals surface area contributed by atoms with Crippen LogP contribution in [0.4, 0.5) is 0 Å². The number of nitrogens with zero attached hydrogens (tertiary/aromatic N) is 2. The van der Waals surface area contributed by atoms with Crippen molar-refractivity contribution in [2.75, 3.05) is 13.2 Å². The Kier molecular flexibility index (Phi) is 4.13. The SMILES string of the molecule is O=C(NCCc1nc2c(s1)CCCC2)c1n[nH]c2c1COCC2. The van der Waals surface area contributed by atoms with Crippen molar-refractivity contribution in [1.82, 2.24) is 20.5 Å². The van der Waals surface area contributed by atoms with Gasteiger partial charge in [0.1, 0.15) is 0 Å². The standard InChI is InChI=1S/C16H20N4O2S/c21-16(15-10-9-22-8-6-11(10)19-20-15)17-7-5-14-18-12-3-1-2-4-13(12)23-14/h1-9H2,(H,17,21)(H,19,20). The average Bonchev–Trinajstić information content (AvgIpc) is 3.18. The second-order valence-electron chi connectivity index (χ2n) is 6.02. The Hall–Kier alpha value is -1.73. The maximum absolute atomic E-state index is 12.3. The Bertz CT molecular complexity index is 698. The number of fused-ring (bicyclic) bond motifs is 2. The third-order valence-corrected chi connectivity index (χ3v) is 5.64. The first kappa shape index (κ1) is 14.8. The number of H-pyrrole nitrogens is 1. The monoisotopic (exact) mass is 332 g/mol. The van der Waals surface area contributed by atoms with Crippen molar-refractivity contribution >= 4 is 17.2 Å². The summed E-state index contributed by atoms with van der Waals surface area (Å²) >= 11 is 1.80. The number of amides is 1. The number of aromatic nitrogens is 3. The lowest BCUT2D eigenvalue weighted by molar-refractivity contribution is 0.0925. The first-order chi connectivity index (χ1) is 11.3. The summed E-state index contributed by atoms with van der Waals surface area (Å²) in [5, 5.41) is 11.2. The number of ether oxygens (including phenoxy) is 1. The van der Waals surface area contributed by atoms with Gasteiger partial charge in [-0.15, -0.1) is 11.3 Å². The van der Waals surface area contributed by atoms with E-state index < -0.39 is 0 Å². The van der Waals surface area contributed by atoms with Crippen LogP contribution in [0.2, 0.25) is 0 Å². The molecule has 7 heteroatoms. The summed E-state index contributed by atoms with van der Waals surface area (Å²) in [4.78, 5) is 18.4. The fourth-order valence-electron chi connectivity index (χ4n) is 3.18. The lowest BCUT2D eigenvalue weighted by Gasteiger charge is -2.12. The quantitative estimate of drug-likeness (QED) is 0.894. The molecule has 0 spiro atoms. The first-order valence-corrected chi connectivity index (χ1v) is 9.02. The van der Waals surface area contributed by atoms with E-state index >= 15 is 0 Å². The number of thiazole rings is 1. The van der Waals surface area contributed by atoms with Gasteiger partial charge in [0.05, 0.1) is 23.9 Å². The Balaban J connectivity index is 1.35. The number of carbonyl (C=O) groups is 1. The summed E-state index contributed by atoms with van der Waals surface area (Å²) in [7, 11) is 0. The molecule has 3 heterocycles. The number of carbonyl (C=O) groups excluding carboxylic acids is 1. The molecular formula is C16H20N4O2S. The van der Waals surface area contributed by atoms with Crippen molar-refractivity contribution in [3.63, 3.8) is 0 Å². The third kappa shape index (κ3) is 3.03. The molecule has 4 rings (SSSR count). The van der Waals surface area contributed by atoms with Gasteiger partial charge in [0, 0.05) is 35.5 Å². The van der Waals surface area contributed by atoms with Crippen molar-refractivity contribution in [2.45, 2.75) is 45.1 Å². The number of aryl methyl sites for hydroxylation is 2. The summed E-state index contributed by atoms with van der Waals surface area (Å²) in [5.41, 5.74) is 3.67. The average molecular weight is 332 g/mol. The van der Waals surface area contributed by atoms with Crippen LogP contribution in [0.25, 0.3) is 0 Å². The second kappa shape index (κ2) is 6.41. The van der Waals surface area contributed by atoms with E-state index in [9.17, 15) is 4.79 Å². The Morgan fingerprint density at radius 3 is 3.13 bits per heavy atom. The van der Waals surface area contributed by atoms with Crippen LogP contribution < -0.4 is 5.32 Å². The van der Waals surface area contributed by atoms with Crippen LogP contribution in [0.1, 0.15) is 50.2 Å². The van der Waals surface area contributed by atoms with Crippen LogP contribution in [0.3, 0.4) is 0 Å². The van der Waals surface area contributed by atoms with Gasteiger partial charge in [-0.3, -0.25) is 9.89 Å². The Morgan fingerprint density at radius 1 is 1.30 bits per heavy atom. The van der Waals surface area contributed by atoms with E-state index in [2.05, 4.69) is 15.5 Å². The summed E-state index contributed by atoms with van der Waals surface area (Å²) in [6.07, 6.45) is 6.38. The zero-order valence-electron chi connectivity index (χ0n) is 13.0. The molecule has 0 saturated heterocycles. The van der Waals surface area contributed by atoms with Crippen molar-refractivity contribution in [1.29, 1.82) is 0 Å². The van der Waals surface area contributed by atoms with Gasteiger partial charge in [0.25, 0.3) is 5.91 Å². The van der Waals surface area contributed by atoms with Crippen molar-refractivity contribution in [3.8, 4) is 0 Å². The van der Waals surface area contributed by atoms with E-state index in [1.54, 1.807) is 11.3 Å². The normalized spacial score (nSPS) is 16.7. The molecule has 1 aliphatic heterocycles. The van der Waals surface area contributed by atoms with Crippen LogP contribution in [0, 0.1) is 0 Å². The zero-order valence-corrected chi connectivity index (χ0v) is 13.8. The summed E-state index contributed by atoms with van der Waals surface area (Å²) in [6, 6.07) is 0. The highest BCUT2D eigenvalue weighted by Gasteiger charge is 2.22. The van der Waals surface area contributed by atoms with Crippen LogP contribution in [0.15, 0.2) is 0 Å². The molecule has 2 aromatic heterocycles. The minimum absolute atomic E-state index is 0.130. The molecule has 1 amide bonds. The number of aromatic amines is 1. The lowest BCUT2D eigenvalue weighted by Crippen LogP contribution is -2.27. The molecule has 2 aliphatic rings. The third-order valence-electron chi connectivity index (χ3n) is 4.43. The van der Waals surface area contributed by atoms with Gasteiger partial charge in [-0.05, 0) is 25.7 Å². The second-order valence-corrected chi connectivity index (χ2v) is 7.19. The fourth-order valence-corrected chi connectivity index (χ4v) is 4.34. The van der Waals surface area contributed by atoms with E-state index in [4.69, 9.17) is 9.72 Å². The molecule has 0 atom stereocenters. The van der Waals surface area contributed by atoms with Crippen LogP contribution >= 0.6 is 11.3 Å². The minimum Gasteiger partial charge on any atom is -0.376 e. The summed E-state index contributed by atoms with van der Waals surface area (Å²) in [5.74, 6) is -0.130. The van der Waals surface area contributed by atoms with E-state index in [1.165, 1.54) is 29.8 Å². The molecule has 122 valence electrons. The molecule has 0 bridgehead atoms. The van der Waals surface area contributed by atoms with Crippen LogP contribution in [0.5, 0.6) is 0 Å². The maximum atomic E-state index is 12.3.